The molecule has 0 saturated heterocycles. The molecule has 0 saturated carbocycles. The molecule has 2 heterocycles. The second kappa shape index (κ2) is 2.83. The van der Waals surface area contributed by atoms with Gasteiger partial charge in [-0.05, 0) is 6.92 Å². The summed E-state index contributed by atoms with van der Waals surface area (Å²) in [5.74, 6) is 0. The molecule has 6 heteroatoms. The number of nitrogens with zero attached hydrogens (tertiary/aromatic N) is 3. The lowest BCUT2D eigenvalue weighted by Gasteiger charge is -2.05. The van der Waals surface area contributed by atoms with Crippen molar-refractivity contribution in [2.24, 2.45) is 7.05 Å². The molecular formula is C8H11N5O. The van der Waals surface area contributed by atoms with Crippen LogP contribution >= 0.6 is 0 Å². The van der Waals surface area contributed by atoms with Crippen molar-refractivity contribution < 1.29 is 0 Å². The van der Waals surface area contributed by atoms with Gasteiger partial charge < -0.3 is 4.98 Å². The lowest BCUT2D eigenvalue weighted by molar-refractivity contribution is 0.622. The topological polar surface area (TPSA) is 79.5 Å². The van der Waals surface area contributed by atoms with E-state index in [1.54, 1.807) is 7.05 Å². The molecule has 14 heavy (non-hydrogen) atoms. The minimum Gasteiger partial charge on any atom is -0.340 e. The van der Waals surface area contributed by atoms with Crippen LogP contribution in [0, 0.1) is 5.41 Å². The van der Waals surface area contributed by atoms with Crippen LogP contribution in [0.15, 0.2) is 11.1 Å². The summed E-state index contributed by atoms with van der Waals surface area (Å²) in [6, 6.07) is 0. The Morgan fingerprint density at radius 1 is 1.64 bits per heavy atom. The number of H-pyrrole nitrogens is 1. The van der Waals surface area contributed by atoms with Gasteiger partial charge in [0.05, 0.1) is 6.33 Å². The number of fused-ring (bicyclic) bond motifs is 1. The first-order valence-electron chi connectivity index (χ1n) is 4.34. The summed E-state index contributed by atoms with van der Waals surface area (Å²) in [4.78, 5) is 18.5. The Bertz CT molecular complexity index is 588. The summed E-state index contributed by atoms with van der Waals surface area (Å²) < 4.78 is 2.83. The highest BCUT2D eigenvalue weighted by molar-refractivity contribution is 5.68. The van der Waals surface area contributed by atoms with Gasteiger partial charge in [-0.15, -0.1) is 0 Å². The molecule has 0 aliphatic heterocycles. The molecule has 0 atom stereocenters. The third kappa shape index (κ3) is 0.935. The Balaban J connectivity index is 3.10. The van der Waals surface area contributed by atoms with Crippen LogP contribution in [0.4, 0.5) is 0 Å². The zero-order valence-electron chi connectivity index (χ0n) is 8.03. The van der Waals surface area contributed by atoms with E-state index in [-0.39, 0.29) is 11.2 Å². The molecular weight excluding hydrogens is 182 g/mol. The molecule has 0 fully saturated rings. The van der Waals surface area contributed by atoms with E-state index in [9.17, 15) is 4.79 Å². The lowest BCUT2D eigenvalue weighted by Crippen LogP contribution is -2.38. The van der Waals surface area contributed by atoms with Crippen LogP contribution in [0.5, 0.6) is 0 Å². The number of rotatable bonds is 1. The highest BCUT2D eigenvalue weighted by atomic mass is 16.1. The minimum absolute atomic E-state index is 0.183. The van der Waals surface area contributed by atoms with E-state index in [4.69, 9.17) is 5.41 Å². The van der Waals surface area contributed by atoms with E-state index in [2.05, 4.69) is 9.97 Å². The van der Waals surface area contributed by atoms with E-state index in [0.717, 1.165) is 0 Å². The number of hydrogen-bond donors (Lipinski definition) is 2. The molecule has 0 aromatic carbocycles. The van der Waals surface area contributed by atoms with E-state index < -0.39 is 0 Å². The number of nitrogens with one attached hydrogen (secondary N) is 2. The van der Waals surface area contributed by atoms with Crippen LogP contribution in [0.1, 0.15) is 6.92 Å². The number of imidazole rings is 1. The Kier molecular flexibility index (Phi) is 1.77. The van der Waals surface area contributed by atoms with Crippen molar-refractivity contribution in [2.45, 2.75) is 13.5 Å². The Labute approximate surface area is 79.3 Å². The van der Waals surface area contributed by atoms with Gasteiger partial charge in [0.15, 0.2) is 11.1 Å². The third-order valence-electron chi connectivity index (χ3n) is 2.28. The third-order valence-corrected chi connectivity index (χ3v) is 2.28. The van der Waals surface area contributed by atoms with Crippen LogP contribution in [0.2, 0.25) is 0 Å². The highest BCUT2D eigenvalue weighted by Gasteiger charge is 2.08. The number of aromatic amines is 1. The van der Waals surface area contributed by atoms with Gasteiger partial charge in [0, 0.05) is 13.6 Å². The first-order valence-corrected chi connectivity index (χ1v) is 4.34. The van der Waals surface area contributed by atoms with Crippen molar-refractivity contribution in [3.8, 4) is 0 Å². The fourth-order valence-electron chi connectivity index (χ4n) is 1.51. The predicted molar refractivity (Wildman–Crippen MR) is 50.9 cm³/mol. The monoisotopic (exact) mass is 193 g/mol. The molecule has 0 aliphatic carbocycles. The molecule has 0 amide bonds. The van der Waals surface area contributed by atoms with E-state index >= 15 is 0 Å². The molecule has 74 valence electrons. The van der Waals surface area contributed by atoms with Crippen molar-refractivity contribution in [3.63, 3.8) is 0 Å². The van der Waals surface area contributed by atoms with Gasteiger partial charge >= 0.3 is 5.69 Å². The molecule has 2 rings (SSSR count). The van der Waals surface area contributed by atoms with Gasteiger partial charge in [-0.1, -0.05) is 0 Å². The summed E-state index contributed by atoms with van der Waals surface area (Å²) in [5.41, 5.74) is 1.08. The summed E-state index contributed by atoms with van der Waals surface area (Å²) >= 11 is 0. The van der Waals surface area contributed by atoms with Crippen LogP contribution in [-0.2, 0) is 13.6 Å². The van der Waals surface area contributed by atoms with Gasteiger partial charge in [-0.25, -0.2) is 9.78 Å². The lowest BCUT2D eigenvalue weighted by atomic mass is 10.5. The molecule has 0 unspecified atom stereocenters. The molecule has 2 aromatic heterocycles. The number of hydrogen-bond acceptors (Lipinski definition) is 3. The molecule has 6 nitrogen and oxygen atoms in total. The molecule has 2 N–H and O–H groups in total. The number of aromatic nitrogens is 4. The SMILES string of the molecule is CCn1c(=N)c2[nH]cnc2n(C)c1=O. The predicted octanol–water partition coefficient (Wildman–Crippen LogP) is -0.438. The average Bonchev–Trinajstić information content (AvgIpc) is 2.64. The maximum atomic E-state index is 11.7. The maximum absolute atomic E-state index is 11.7. The quantitative estimate of drug-likeness (QED) is 0.644. The number of aryl methyl sites for hydroxylation is 1. The van der Waals surface area contributed by atoms with Gasteiger partial charge in [-0.2, -0.15) is 0 Å². The normalized spacial score (nSPS) is 11.0. The fourth-order valence-corrected chi connectivity index (χ4v) is 1.51. The largest absolute Gasteiger partial charge is 0.340 e. The van der Waals surface area contributed by atoms with Gasteiger partial charge in [-0.3, -0.25) is 14.5 Å². The highest BCUT2D eigenvalue weighted by Crippen LogP contribution is 1.98. The maximum Gasteiger partial charge on any atom is 0.331 e. The van der Waals surface area contributed by atoms with Gasteiger partial charge in [0.1, 0.15) is 5.52 Å². The Morgan fingerprint density at radius 2 is 2.36 bits per heavy atom. The Morgan fingerprint density at radius 3 is 3.00 bits per heavy atom. The molecule has 0 radical (unpaired) electrons. The van der Waals surface area contributed by atoms with Crippen LogP contribution in [0.25, 0.3) is 11.2 Å². The van der Waals surface area contributed by atoms with E-state index in [1.807, 2.05) is 6.92 Å². The van der Waals surface area contributed by atoms with Crippen molar-refractivity contribution >= 4 is 11.2 Å². The van der Waals surface area contributed by atoms with Crippen molar-refractivity contribution in [1.29, 1.82) is 5.41 Å². The Hall–Kier alpha value is -1.85. The van der Waals surface area contributed by atoms with E-state index in [0.29, 0.717) is 17.7 Å². The second-order valence-electron chi connectivity index (χ2n) is 3.04. The first-order chi connectivity index (χ1) is 6.66. The van der Waals surface area contributed by atoms with Gasteiger partial charge in [0.25, 0.3) is 0 Å². The van der Waals surface area contributed by atoms with Gasteiger partial charge in [0.2, 0.25) is 0 Å². The van der Waals surface area contributed by atoms with Crippen LogP contribution in [-0.4, -0.2) is 19.1 Å². The van der Waals surface area contributed by atoms with Crippen molar-refractivity contribution in [1.82, 2.24) is 19.1 Å². The molecule has 0 aliphatic rings. The smallest absolute Gasteiger partial charge is 0.331 e. The van der Waals surface area contributed by atoms with Crippen LogP contribution < -0.4 is 11.2 Å². The molecule has 0 spiro atoms. The average molecular weight is 193 g/mol. The summed E-state index contributed by atoms with van der Waals surface area (Å²) in [7, 11) is 1.65. The molecule has 2 aromatic rings. The summed E-state index contributed by atoms with van der Waals surface area (Å²) in [6.45, 7) is 2.32. The zero-order chi connectivity index (χ0) is 10.3. The van der Waals surface area contributed by atoms with Crippen LogP contribution in [0.3, 0.4) is 0 Å². The van der Waals surface area contributed by atoms with Crippen molar-refractivity contribution in [2.75, 3.05) is 0 Å². The standard InChI is InChI=1S/C8H11N5O/c1-3-13-6(9)5-7(11-4-10-5)12(2)8(13)14/h4,9H,3H2,1-2H3,(H,10,11). The fraction of sp³-hybridized carbons (Fsp3) is 0.375. The summed E-state index contributed by atoms with van der Waals surface area (Å²) in [5, 5.41) is 7.77. The zero-order valence-corrected chi connectivity index (χ0v) is 8.03. The first kappa shape index (κ1) is 8.74. The van der Waals surface area contributed by atoms with Crippen molar-refractivity contribution in [3.05, 3.63) is 22.3 Å². The summed E-state index contributed by atoms with van der Waals surface area (Å²) in [6.07, 6.45) is 1.49. The minimum atomic E-state index is -0.211. The molecule has 0 bridgehead atoms. The second-order valence-corrected chi connectivity index (χ2v) is 3.04. The van der Waals surface area contributed by atoms with E-state index in [1.165, 1.54) is 15.5 Å².